The highest BCUT2D eigenvalue weighted by Gasteiger charge is 2.35. The molecule has 0 spiro atoms. The molecular formula is C21H17F2N3O3S. The average Bonchev–Trinajstić information content (AvgIpc) is 3.36. The first-order valence-electron chi connectivity index (χ1n) is 9.11. The number of rotatable bonds is 5. The van der Waals surface area contributed by atoms with Gasteiger partial charge in [0.2, 0.25) is 11.8 Å². The van der Waals surface area contributed by atoms with Gasteiger partial charge in [-0.1, -0.05) is 6.07 Å². The molecule has 4 rings (SSSR count). The molecule has 1 saturated heterocycles. The molecule has 0 bridgehead atoms. The SMILES string of the molecule is COc1cccc(N2CC(C(=O)Nc3nc(-c4cc(F)ccc4F)cs3)CC2=O)c1. The molecule has 2 amide bonds. The van der Waals surface area contributed by atoms with Crippen molar-refractivity contribution in [1.29, 1.82) is 0 Å². The van der Waals surface area contributed by atoms with E-state index in [1.807, 2.05) is 0 Å². The summed E-state index contributed by atoms with van der Waals surface area (Å²) in [5.41, 5.74) is 0.910. The lowest BCUT2D eigenvalue weighted by Gasteiger charge is -2.17. The lowest BCUT2D eigenvalue weighted by Crippen LogP contribution is -2.28. The molecule has 0 saturated carbocycles. The molecule has 1 atom stereocenters. The van der Waals surface area contributed by atoms with Crippen molar-refractivity contribution < 1.29 is 23.1 Å². The smallest absolute Gasteiger partial charge is 0.231 e. The summed E-state index contributed by atoms with van der Waals surface area (Å²) in [4.78, 5) is 30.8. The van der Waals surface area contributed by atoms with Crippen molar-refractivity contribution in [2.45, 2.75) is 6.42 Å². The normalized spacial score (nSPS) is 16.0. The molecule has 1 unspecified atom stereocenters. The van der Waals surface area contributed by atoms with Gasteiger partial charge in [0.05, 0.1) is 18.7 Å². The van der Waals surface area contributed by atoms with Crippen LogP contribution in [0.2, 0.25) is 0 Å². The van der Waals surface area contributed by atoms with Crippen molar-refractivity contribution in [2.75, 3.05) is 23.9 Å². The van der Waals surface area contributed by atoms with Crippen LogP contribution in [-0.4, -0.2) is 30.5 Å². The second-order valence-corrected chi connectivity index (χ2v) is 7.62. The second-order valence-electron chi connectivity index (χ2n) is 6.76. The molecule has 154 valence electrons. The molecular weight excluding hydrogens is 412 g/mol. The lowest BCUT2D eigenvalue weighted by molar-refractivity contribution is -0.122. The van der Waals surface area contributed by atoms with Gasteiger partial charge >= 0.3 is 0 Å². The number of thiazole rings is 1. The van der Waals surface area contributed by atoms with E-state index in [0.717, 1.165) is 29.5 Å². The Hall–Kier alpha value is -3.33. The van der Waals surface area contributed by atoms with E-state index in [0.29, 0.717) is 11.4 Å². The third-order valence-electron chi connectivity index (χ3n) is 4.80. The zero-order valence-corrected chi connectivity index (χ0v) is 16.7. The van der Waals surface area contributed by atoms with Crippen LogP contribution in [0.4, 0.5) is 19.6 Å². The number of benzene rings is 2. The van der Waals surface area contributed by atoms with Gasteiger partial charge in [0, 0.05) is 35.7 Å². The van der Waals surface area contributed by atoms with Crippen molar-refractivity contribution in [1.82, 2.24) is 4.98 Å². The van der Waals surface area contributed by atoms with Gasteiger partial charge in [-0.25, -0.2) is 13.8 Å². The maximum Gasteiger partial charge on any atom is 0.231 e. The summed E-state index contributed by atoms with van der Waals surface area (Å²) in [5, 5.41) is 4.46. The Morgan fingerprint density at radius 2 is 2.10 bits per heavy atom. The summed E-state index contributed by atoms with van der Waals surface area (Å²) in [7, 11) is 1.54. The number of ether oxygens (including phenoxy) is 1. The Bertz CT molecular complexity index is 1120. The highest BCUT2D eigenvalue weighted by Crippen LogP contribution is 2.30. The fourth-order valence-corrected chi connectivity index (χ4v) is 3.98. The zero-order chi connectivity index (χ0) is 21.3. The molecule has 30 heavy (non-hydrogen) atoms. The van der Waals surface area contributed by atoms with Crippen LogP contribution in [0.1, 0.15) is 6.42 Å². The van der Waals surface area contributed by atoms with Crippen LogP contribution in [0.25, 0.3) is 11.3 Å². The number of nitrogens with zero attached hydrogens (tertiary/aromatic N) is 2. The van der Waals surface area contributed by atoms with E-state index >= 15 is 0 Å². The number of hydrogen-bond donors (Lipinski definition) is 1. The van der Waals surface area contributed by atoms with Gasteiger partial charge in [-0.15, -0.1) is 11.3 Å². The van der Waals surface area contributed by atoms with Crippen LogP contribution < -0.4 is 15.0 Å². The molecule has 9 heteroatoms. The molecule has 6 nitrogen and oxygen atoms in total. The minimum atomic E-state index is -0.602. The molecule has 3 aromatic rings. The Balaban J connectivity index is 1.45. The summed E-state index contributed by atoms with van der Waals surface area (Å²) in [6.45, 7) is 0.231. The van der Waals surface area contributed by atoms with Gasteiger partial charge < -0.3 is 15.0 Å². The number of amides is 2. The summed E-state index contributed by atoms with van der Waals surface area (Å²) in [6.07, 6.45) is 0.0692. The van der Waals surface area contributed by atoms with Crippen molar-refractivity contribution in [3.63, 3.8) is 0 Å². The van der Waals surface area contributed by atoms with Gasteiger partial charge in [-0.2, -0.15) is 0 Å². The fraction of sp³-hybridized carbons (Fsp3) is 0.190. The zero-order valence-electron chi connectivity index (χ0n) is 15.9. The molecule has 1 fully saturated rings. The first-order chi connectivity index (χ1) is 14.4. The number of carbonyl (C=O) groups excluding carboxylic acids is 2. The molecule has 1 aliphatic heterocycles. The molecule has 1 aromatic heterocycles. The van der Waals surface area contributed by atoms with Crippen molar-refractivity contribution >= 4 is 34.0 Å². The van der Waals surface area contributed by atoms with Gasteiger partial charge in [0.25, 0.3) is 0 Å². The van der Waals surface area contributed by atoms with E-state index < -0.39 is 17.6 Å². The van der Waals surface area contributed by atoms with Crippen molar-refractivity contribution in [3.05, 3.63) is 59.5 Å². The predicted molar refractivity (Wildman–Crippen MR) is 110 cm³/mol. The number of anilines is 2. The quantitative estimate of drug-likeness (QED) is 0.663. The number of aromatic nitrogens is 1. The van der Waals surface area contributed by atoms with Crippen LogP contribution in [0.3, 0.4) is 0 Å². The van der Waals surface area contributed by atoms with Crippen LogP contribution >= 0.6 is 11.3 Å². The highest BCUT2D eigenvalue weighted by atomic mass is 32.1. The van der Waals surface area contributed by atoms with E-state index in [1.54, 1.807) is 36.3 Å². The largest absolute Gasteiger partial charge is 0.497 e. The monoisotopic (exact) mass is 429 g/mol. The minimum absolute atomic E-state index is 0.0204. The third kappa shape index (κ3) is 4.02. The predicted octanol–water partition coefficient (Wildman–Crippen LogP) is 4.09. The Morgan fingerprint density at radius 1 is 1.27 bits per heavy atom. The van der Waals surface area contributed by atoms with E-state index in [4.69, 9.17) is 4.74 Å². The van der Waals surface area contributed by atoms with E-state index in [9.17, 15) is 18.4 Å². The maximum absolute atomic E-state index is 13.9. The molecule has 0 aliphatic carbocycles. The molecule has 1 N–H and O–H groups in total. The van der Waals surface area contributed by atoms with E-state index in [1.165, 1.54) is 5.38 Å². The standard InChI is InChI=1S/C21H17F2N3O3S/c1-29-15-4-2-3-14(9-15)26-10-12(7-19(26)27)20(28)25-21-24-18(11-30-21)16-8-13(22)5-6-17(16)23/h2-6,8-9,11-12H,7,10H2,1H3,(H,24,25,28). The first-order valence-corrected chi connectivity index (χ1v) is 9.99. The minimum Gasteiger partial charge on any atom is -0.497 e. The number of halogens is 2. The van der Waals surface area contributed by atoms with Crippen molar-refractivity contribution in [2.24, 2.45) is 5.92 Å². The number of carbonyl (C=O) groups is 2. The summed E-state index contributed by atoms with van der Waals surface area (Å²) < 4.78 is 32.5. The Kier molecular flexibility index (Phi) is 5.45. The van der Waals surface area contributed by atoms with Gasteiger partial charge in [0.15, 0.2) is 5.13 Å². The summed E-state index contributed by atoms with van der Waals surface area (Å²) >= 11 is 1.10. The van der Waals surface area contributed by atoms with Crippen LogP contribution in [0, 0.1) is 17.6 Å². The topological polar surface area (TPSA) is 71.5 Å². The highest BCUT2D eigenvalue weighted by molar-refractivity contribution is 7.14. The first kappa shape index (κ1) is 20.0. The van der Waals surface area contributed by atoms with Gasteiger partial charge in [0.1, 0.15) is 17.4 Å². The Morgan fingerprint density at radius 3 is 2.90 bits per heavy atom. The maximum atomic E-state index is 13.9. The summed E-state index contributed by atoms with van der Waals surface area (Å²) in [6, 6.07) is 10.2. The van der Waals surface area contributed by atoms with Crippen LogP contribution in [0.5, 0.6) is 5.75 Å². The van der Waals surface area contributed by atoms with Crippen molar-refractivity contribution in [3.8, 4) is 17.0 Å². The molecule has 0 radical (unpaired) electrons. The molecule has 2 heterocycles. The van der Waals surface area contributed by atoms with E-state index in [2.05, 4.69) is 10.3 Å². The van der Waals surface area contributed by atoms with Crippen LogP contribution in [-0.2, 0) is 9.59 Å². The third-order valence-corrected chi connectivity index (χ3v) is 5.56. The number of nitrogens with one attached hydrogen (secondary N) is 1. The second kappa shape index (κ2) is 8.19. The van der Waals surface area contributed by atoms with E-state index in [-0.39, 0.29) is 41.2 Å². The van der Waals surface area contributed by atoms with Crippen LogP contribution in [0.15, 0.2) is 47.8 Å². The number of methoxy groups -OCH3 is 1. The van der Waals surface area contributed by atoms with Gasteiger partial charge in [-0.3, -0.25) is 9.59 Å². The fourth-order valence-electron chi connectivity index (χ4n) is 3.27. The molecule has 2 aromatic carbocycles. The molecule has 1 aliphatic rings. The Labute approximate surface area is 175 Å². The summed E-state index contributed by atoms with van der Waals surface area (Å²) in [5.74, 6) is -1.63. The van der Waals surface area contributed by atoms with Gasteiger partial charge in [-0.05, 0) is 30.3 Å². The number of hydrogen-bond acceptors (Lipinski definition) is 5. The average molecular weight is 429 g/mol. The lowest BCUT2D eigenvalue weighted by atomic mass is 10.1.